The highest BCUT2D eigenvalue weighted by Gasteiger charge is 2.29. The third-order valence-electron chi connectivity index (χ3n) is 5.70. The number of piperazine rings is 1. The van der Waals surface area contributed by atoms with E-state index in [0.717, 1.165) is 43.6 Å². The molecule has 160 valence electrons. The predicted molar refractivity (Wildman–Crippen MR) is 122 cm³/mol. The first-order chi connectivity index (χ1) is 14.6. The highest BCUT2D eigenvalue weighted by atomic mass is 35.5. The van der Waals surface area contributed by atoms with Crippen LogP contribution in [-0.4, -0.2) is 52.3 Å². The van der Waals surface area contributed by atoms with Crippen LogP contribution in [0.15, 0.2) is 42.6 Å². The molecule has 1 aromatic carbocycles. The van der Waals surface area contributed by atoms with Gasteiger partial charge in [0.25, 0.3) is 5.91 Å². The highest BCUT2D eigenvalue weighted by molar-refractivity contribution is 7.98. The van der Waals surface area contributed by atoms with Gasteiger partial charge in [0.05, 0.1) is 23.5 Å². The van der Waals surface area contributed by atoms with Crippen molar-refractivity contribution in [3.05, 3.63) is 58.9 Å². The molecule has 0 unspecified atom stereocenters. The molecule has 0 atom stereocenters. The minimum Gasteiger partial charge on any atom is -0.298 e. The molecule has 2 fully saturated rings. The summed E-state index contributed by atoms with van der Waals surface area (Å²) in [5, 5.41) is 0.704. The number of hydrogen-bond acceptors (Lipinski definition) is 7. The molecule has 0 radical (unpaired) electrons. The van der Waals surface area contributed by atoms with Crippen molar-refractivity contribution in [3.8, 4) is 0 Å². The van der Waals surface area contributed by atoms with E-state index in [4.69, 9.17) is 17.4 Å². The van der Waals surface area contributed by atoms with Gasteiger partial charge in [-0.15, -0.1) is 0 Å². The van der Waals surface area contributed by atoms with Crippen molar-refractivity contribution in [2.24, 2.45) is 5.84 Å². The molecule has 2 aliphatic rings. The Kier molecular flexibility index (Phi) is 7.12. The van der Waals surface area contributed by atoms with Gasteiger partial charge in [0.2, 0.25) is 0 Å². The number of pyridine rings is 1. The van der Waals surface area contributed by atoms with Gasteiger partial charge in [0.15, 0.2) is 0 Å². The molecule has 7 nitrogen and oxygen atoms in total. The summed E-state index contributed by atoms with van der Waals surface area (Å²) in [6.07, 6.45) is 5.63. The van der Waals surface area contributed by atoms with E-state index in [0.29, 0.717) is 17.1 Å². The normalized spacial score (nSPS) is 18.1. The van der Waals surface area contributed by atoms with Crippen LogP contribution in [0.1, 0.15) is 35.3 Å². The van der Waals surface area contributed by atoms with Crippen LogP contribution in [0.3, 0.4) is 0 Å². The number of carbonyl (C=O) groups is 1. The maximum absolute atomic E-state index is 11.7. The first-order valence-electron chi connectivity index (χ1n) is 10.3. The number of nitrogen functional groups attached to an aromatic ring is 1. The van der Waals surface area contributed by atoms with E-state index in [1.807, 2.05) is 24.3 Å². The van der Waals surface area contributed by atoms with E-state index in [1.54, 1.807) is 24.4 Å². The minimum absolute atomic E-state index is 0.348. The Morgan fingerprint density at radius 1 is 1.23 bits per heavy atom. The molecule has 3 N–H and O–H groups in total. The lowest BCUT2D eigenvalue weighted by atomic mass is 9.91. The number of nitrogens with zero attached hydrogens (tertiary/aromatic N) is 4. The van der Waals surface area contributed by atoms with Crippen molar-refractivity contribution in [2.45, 2.75) is 31.8 Å². The van der Waals surface area contributed by atoms with Crippen LogP contribution in [0.2, 0.25) is 5.02 Å². The fourth-order valence-corrected chi connectivity index (χ4v) is 4.91. The number of nitrogens with one attached hydrogen (secondary N) is 1. The molecule has 0 bridgehead atoms. The Bertz CT molecular complexity index is 855. The van der Waals surface area contributed by atoms with E-state index >= 15 is 0 Å². The van der Waals surface area contributed by atoms with Gasteiger partial charge in [-0.25, -0.2) is 10.1 Å². The van der Waals surface area contributed by atoms with Crippen molar-refractivity contribution < 1.29 is 4.79 Å². The summed E-state index contributed by atoms with van der Waals surface area (Å²) < 4.78 is 4.61. The molecule has 1 saturated carbocycles. The van der Waals surface area contributed by atoms with Crippen molar-refractivity contribution >= 4 is 35.3 Å². The second-order valence-corrected chi connectivity index (χ2v) is 9.22. The van der Waals surface area contributed by atoms with Crippen molar-refractivity contribution in [3.63, 3.8) is 0 Å². The Morgan fingerprint density at radius 3 is 2.63 bits per heavy atom. The van der Waals surface area contributed by atoms with Gasteiger partial charge in [-0.05, 0) is 43.2 Å². The predicted octanol–water partition coefficient (Wildman–Crippen LogP) is 3.08. The third kappa shape index (κ3) is 5.25. The Balaban J connectivity index is 1.44. The molecule has 2 heterocycles. The van der Waals surface area contributed by atoms with Crippen molar-refractivity contribution in [1.29, 1.82) is 0 Å². The first kappa shape index (κ1) is 21.4. The van der Waals surface area contributed by atoms with Gasteiger partial charge in [-0.2, -0.15) is 0 Å². The lowest BCUT2D eigenvalue weighted by molar-refractivity contribution is 0.0919. The van der Waals surface area contributed by atoms with Gasteiger partial charge < -0.3 is 0 Å². The number of benzene rings is 1. The van der Waals surface area contributed by atoms with E-state index < -0.39 is 0 Å². The summed E-state index contributed by atoms with van der Waals surface area (Å²) in [7, 11) is 0. The average molecular weight is 447 g/mol. The van der Waals surface area contributed by atoms with E-state index in [9.17, 15) is 4.79 Å². The number of amides is 1. The minimum atomic E-state index is -0.348. The smallest absolute Gasteiger partial charge is 0.266 e. The van der Waals surface area contributed by atoms with Crippen LogP contribution in [0.25, 0.3) is 0 Å². The topological polar surface area (TPSA) is 77.7 Å². The van der Waals surface area contributed by atoms with E-state index in [2.05, 4.69) is 30.0 Å². The maximum atomic E-state index is 11.7. The lowest BCUT2D eigenvalue weighted by Crippen LogP contribution is -2.51. The van der Waals surface area contributed by atoms with E-state index in [-0.39, 0.29) is 5.91 Å². The SMILES string of the molecule is NNC(=O)c1ccc(CN(SN2CCN(C3CCC3)CC2)c2cccc(Cl)c2)nc1. The Labute approximate surface area is 186 Å². The zero-order valence-electron chi connectivity index (χ0n) is 16.8. The summed E-state index contributed by atoms with van der Waals surface area (Å²) >= 11 is 7.97. The number of anilines is 1. The van der Waals surface area contributed by atoms with Crippen molar-refractivity contribution in [1.82, 2.24) is 19.6 Å². The molecule has 1 aliphatic carbocycles. The number of carbonyl (C=O) groups excluding carboxylic acids is 1. The summed E-state index contributed by atoms with van der Waals surface area (Å²) in [4.78, 5) is 18.7. The van der Waals surface area contributed by atoms with Gasteiger partial charge >= 0.3 is 0 Å². The summed E-state index contributed by atoms with van der Waals surface area (Å²) in [6.45, 7) is 4.88. The fraction of sp³-hybridized carbons (Fsp3) is 0.429. The molecule has 1 aliphatic heterocycles. The molecule has 4 rings (SSSR count). The van der Waals surface area contributed by atoms with Crippen LogP contribution in [0.5, 0.6) is 0 Å². The zero-order chi connectivity index (χ0) is 20.9. The first-order valence-corrected chi connectivity index (χ1v) is 11.4. The quantitative estimate of drug-likeness (QED) is 0.293. The molecular formula is C21H27ClN6OS. The summed E-state index contributed by atoms with van der Waals surface area (Å²) in [5.41, 5.74) is 4.46. The second-order valence-electron chi connectivity index (χ2n) is 7.66. The highest BCUT2D eigenvalue weighted by Crippen LogP contribution is 2.31. The van der Waals surface area contributed by atoms with Crippen molar-refractivity contribution in [2.75, 3.05) is 30.5 Å². The van der Waals surface area contributed by atoms with Crippen LogP contribution in [-0.2, 0) is 6.54 Å². The molecule has 1 amide bonds. The van der Waals surface area contributed by atoms with Crippen LogP contribution >= 0.6 is 23.7 Å². The third-order valence-corrected chi connectivity index (χ3v) is 7.07. The second kappa shape index (κ2) is 9.98. The largest absolute Gasteiger partial charge is 0.298 e. The van der Waals surface area contributed by atoms with E-state index in [1.165, 1.54) is 19.3 Å². The maximum Gasteiger partial charge on any atom is 0.266 e. The molecule has 1 saturated heterocycles. The van der Waals surface area contributed by atoms with Gasteiger partial charge in [0.1, 0.15) is 0 Å². The van der Waals surface area contributed by atoms with Crippen LogP contribution in [0, 0.1) is 0 Å². The molecule has 1 aromatic heterocycles. The number of nitrogens with two attached hydrogens (primary N) is 1. The summed E-state index contributed by atoms with van der Waals surface area (Å²) in [5.74, 6) is 4.85. The number of aromatic nitrogens is 1. The van der Waals surface area contributed by atoms with Gasteiger partial charge in [-0.3, -0.25) is 24.4 Å². The molecule has 9 heteroatoms. The average Bonchev–Trinajstić information content (AvgIpc) is 2.73. The lowest BCUT2D eigenvalue weighted by Gasteiger charge is -2.43. The summed E-state index contributed by atoms with van der Waals surface area (Å²) in [6, 6.07) is 12.3. The standard InChI is InChI=1S/C21H27ClN6OS/c22-17-3-1-6-20(13-17)28(15-18-8-7-16(14-24-18)21(29)25-23)30-27-11-9-26(10-12-27)19-4-2-5-19/h1,3,6-8,13-14,19H,2,4-5,9-12,15,23H2,(H,25,29). The number of halogens is 1. The van der Waals surface area contributed by atoms with Gasteiger partial charge in [-0.1, -0.05) is 24.1 Å². The zero-order valence-corrected chi connectivity index (χ0v) is 18.4. The molecule has 0 spiro atoms. The van der Waals surface area contributed by atoms with Gasteiger partial charge in [0, 0.05) is 55.6 Å². The number of hydrogen-bond donors (Lipinski definition) is 2. The number of hydrazine groups is 1. The number of rotatable bonds is 7. The molecule has 2 aromatic rings. The van der Waals surface area contributed by atoms with Crippen LogP contribution < -0.4 is 15.6 Å². The molecule has 30 heavy (non-hydrogen) atoms. The Morgan fingerprint density at radius 2 is 2.03 bits per heavy atom. The van der Waals surface area contributed by atoms with Crippen LogP contribution in [0.4, 0.5) is 5.69 Å². The Hall–Kier alpha value is -1.84. The fourth-order valence-electron chi connectivity index (χ4n) is 3.72. The monoisotopic (exact) mass is 446 g/mol. The molecular weight excluding hydrogens is 420 g/mol.